The number of rotatable bonds is 21. The number of amides is 6. The van der Waals surface area contributed by atoms with Crippen molar-refractivity contribution in [3.63, 3.8) is 0 Å². The summed E-state index contributed by atoms with van der Waals surface area (Å²) in [6.45, 7) is 10.2. The molecule has 0 radical (unpaired) electrons. The summed E-state index contributed by atoms with van der Waals surface area (Å²) in [5.41, 5.74) is 8.11. The fraction of sp³-hybridized carbons (Fsp3) is 0.625. The number of methoxy groups -OCH3 is 2. The van der Waals surface area contributed by atoms with E-state index in [1.165, 1.54) is 19.1 Å². The van der Waals surface area contributed by atoms with Gasteiger partial charge in [-0.25, -0.2) is 4.79 Å². The minimum absolute atomic E-state index is 0.0559. The van der Waals surface area contributed by atoms with Crippen LogP contribution in [0.5, 0.6) is 0 Å². The zero-order chi connectivity index (χ0) is 46.8. The summed E-state index contributed by atoms with van der Waals surface area (Å²) in [6, 6.07) is 12.8. The summed E-state index contributed by atoms with van der Waals surface area (Å²) in [5, 5.41) is 18.8. The second-order valence-corrected chi connectivity index (χ2v) is 18.3. The number of anilines is 1. The van der Waals surface area contributed by atoms with Gasteiger partial charge in [-0.15, -0.1) is 0 Å². The van der Waals surface area contributed by atoms with Crippen molar-refractivity contribution in [2.45, 2.75) is 141 Å². The van der Waals surface area contributed by atoms with Gasteiger partial charge in [0.05, 0.1) is 36.6 Å². The molecule has 352 valence electrons. The molecule has 6 N–H and O–H groups in total. The lowest BCUT2D eigenvalue weighted by atomic mass is 9.89. The number of likely N-dealkylation sites (tertiary alicyclic amines) is 2. The summed E-state index contributed by atoms with van der Waals surface area (Å²) < 4.78 is 12.1. The molecule has 1 aliphatic carbocycles. The number of fused-ring (bicyclic) bond motifs is 2. The van der Waals surface area contributed by atoms with E-state index in [-0.39, 0.29) is 54.4 Å². The first-order valence-electron chi connectivity index (χ1n) is 22.9. The monoisotopic (exact) mass is 890 g/mol. The first kappa shape index (κ1) is 49.9. The molecule has 0 aromatic heterocycles. The standard InChI is InChI=1S/C48H71N7O9/c1-9-29(4)41(53(6)47(60)40(28(2)3)52-46(59)42-33-19-22-35(25-33)55(42)48(61)62)38(63-7)26-39(56)54-23-13-16-37(54)43(64-8)30(5)44(57)51-36(24-31-14-11-10-12-15-31)45(58)50-34-20-17-32(27-49)18-21-34/h10-12,14-15,17-18,20-21,28-30,33,35-38,40-43H,9,13,16,19,22-27,49H2,1-8H3,(H,50,58)(H,51,57)(H,52,59)(H,61,62)/t29-,30+,33?,35?,36-,37-,38+,40-,41-,42?,43+/m0/s1. The third-order valence-electron chi connectivity index (χ3n) is 13.9. The predicted octanol–water partition coefficient (Wildman–Crippen LogP) is 4.40. The molecule has 2 aliphatic heterocycles. The molecule has 6 amide bonds. The second kappa shape index (κ2) is 22.7. The van der Waals surface area contributed by atoms with Crippen LogP contribution in [0, 0.1) is 23.7 Å². The molecular weight excluding hydrogens is 819 g/mol. The highest BCUT2D eigenvalue weighted by atomic mass is 16.5. The van der Waals surface area contributed by atoms with Gasteiger partial charge >= 0.3 is 6.09 Å². The van der Waals surface area contributed by atoms with E-state index in [0.29, 0.717) is 44.5 Å². The molecule has 1 saturated carbocycles. The highest BCUT2D eigenvalue weighted by Crippen LogP contribution is 2.42. The molecule has 2 saturated heterocycles. The molecule has 3 unspecified atom stereocenters. The molecule has 0 spiro atoms. The number of carboxylic acid groups (broad SMARTS) is 1. The Morgan fingerprint density at radius 1 is 0.891 bits per heavy atom. The van der Waals surface area contributed by atoms with Crippen molar-refractivity contribution in [1.82, 2.24) is 25.3 Å². The zero-order valence-electron chi connectivity index (χ0n) is 38.8. The first-order valence-corrected chi connectivity index (χ1v) is 22.9. The van der Waals surface area contributed by atoms with E-state index in [1.54, 1.807) is 35.9 Å². The lowest BCUT2D eigenvalue weighted by Crippen LogP contribution is -2.60. The Bertz CT molecular complexity index is 1920. The molecule has 2 aromatic rings. The first-order chi connectivity index (χ1) is 30.5. The Morgan fingerprint density at radius 3 is 2.17 bits per heavy atom. The fourth-order valence-electron chi connectivity index (χ4n) is 10.2. The number of hydrogen-bond donors (Lipinski definition) is 5. The molecular formula is C48H71N7O9. The highest BCUT2D eigenvalue weighted by Gasteiger charge is 2.52. The normalized spacial score (nSPS) is 22.5. The minimum Gasteiger partial charge on any atom is -0.465 e. The van der Waals surface area contributed by atoms with E-state index in [4.69, 9.17) is 15.2 Å². The minimum atomic E-state index is -1.13. The molecule has 2 aromatic carbocycles. The third kappa shape index (κ3) is 11.6. The smallest absolute Gasteiger partial charge is 0.408 e. The van der Waals surface area contributed by atoms with Crippen LogP contribution in [0.1, 0.15) is 90.7 Å². The van der Waals surface area contributed by atoms with Crippen molar-refractivity contribution in [2.75, 3.05) is 33.1 Å². The van der Waals surface area contributed by atoms with Crippen LogP contribution in [-0.4, -0.2) is 132 Å². The number of nitrogens with one attached hydrogen (secondary N) is 3. The SMILES string of the molecule is CC[C@H](C)[C@@H]([C@@H](CC(=O)N1CCC[C@H]1[C@H](OC)[C@@H](C)C(=O)N[C@@H](Cc1ccccc1)C(=O)Nc1ccc(CN)cc1)OC)N(C)C(=O)[C@@H](NC(=O)C1C2CCC(C2)N1C(=O)O)C(C)C. The van der Waals surface area contributed by atoms with Gasteiger partial charge in [0.2, 0.25) is 29.5 Å². The number of ether oxygens (including phenoxy) is 2. The molecule has 3 fully saturated rings. The van der Waals surface area contributed by atoms with Crippen LogP contribution in [0.4, 0.5) is 10.5 Å². The second-order valence-electron chi connectivity index (χ2n) is 18.3. The molecule has 3 aliphatic rings. The highest BCUT2D eigenvalue weighted by molar-refractivity contribution is 5.98. The molecule has 64 heavy (non-hydrogen) atoms. The maximum atomic E-state index is 14.4. The Kier molecular flexibility index (Phi) is 17.7. The van der Waals surface area contributed by atoms with Crippen molar-refractivity contribution < 1.29 is 43.3 Å². The number of carbonyl (C=O) groups excluding carboxylic acids is 5. The van der Waals surface area contributed by atoms with Crippen molar-refractivity contribution >= 4 is 41.3 Å². The Hall–Kier alpha value is -5.06. The van der Waals surface area contributed by atoms with Gasteiger partial charge in [0, 0.05) is 52.5 Å². The maximum Gasteiger partial charge on any atom is 0.408 e. The summed E-state index contributed by atoms with van der Waals surface area (Å²) >= 11 is 0. The Labute approximate surface area is 378 Å². The number of nitrogens with two attached hydrogens (primary N) is 1. The lowest BCUT2D eigenvalue weighted by molar-refractivity contribution is -0.148. The van der Waals surface area contributed by atoms with Crippen LogP contribution in [0.15, 0.2) is 54.6 Å². The number of nitrogens with zero attached hydrogens (tertiary/aromatic N) is 3. The lowest BCUT2D eigenvalue weighted by Gasteiger charge is -2.41. The number of hydrogen-bond acceptors (Lipinski definition) is 9. The number of piperidine rings is 1. The van der Waals surface area contributed by atoms with Crippen molar-refractivity contribution in [3.8, 4) is 0 Å². The van der Waals surface area contributed by atoms with Gasteiger partial charge in [-0.3, -0.25) is 28.9 Å². The molecule has 16 heteroatoms. The summed E-state index contributed by atoms with van der Waals surface area (Å²) in [5.74, 6) is -3.06. The van der Waals surface area contributed by atoms with Gasteiger partial charge in [-0.2, -0.15) is 0 Å². The van der Waals surface area contributed by atoms with Crippen LogP contribution < -0.4 is 21.7 Å². The quantitative estimate of drug-likeness (QED) is 0.119. The average molecular weight is 890 g/mol. The Morgan fingerprint density at radius 2 is 1.58 bits per heavy atom. The van der Waals surface area contributed by atoms with Crippen molar-refractivity contribution in [3.05, 3.63) is 65.7 Å². The van der Waals surface area contributed by atoms with E-state index in [0.717, 1.165) is 24.0 Å². The summed E-state index contributed by atoms with van der Waals surface area (Å²) in [4.78, 5) is 87.2. The van der Waals surface area contributed by atoms with Crippen LogP contribution in [0.2, 0.25) is 0 Å². The van der Waals surface area contributed by atoms with E-state index in [9.17, 15) is 33.9 Å². The van der Waals surface area contributed by atoms with Gasteiger partial charge in [-0.05, 0) is 73.1 Å². The van der Waals surface area contributed by atoms with Gasteiger partial charge < -0.3 is 46.1 Å². The van der Waals surface area contributed by atoms with Crippen molar-refractivity contribution in [1.29, 1.82) is 0 Å². The van der Waals surface area contributed by atoms with Gasteiger partial charge in [0.15, 0.2) is 0 Å². The molecule has 11 atom stereocenters. The molecule has 5 rings (SSSR count). The number of carbonyl (C=O) groups is 6. The average Bonchev–Trinajstić information content (AvgIpc) is 4.06. The number of benzene rings is 2. The molecule has 2 bridgehead atoms. The molecule has 2 heterocycles. The predicted molar refractivity (Wildman–Crippen MR) is 243 cm³/mol. The summed E-state index contributed by atoms with van der Waals surface area (Å²) in [6.07, 6.45) is 1.72. The van der Waals surface area contributed by atoms with Gasteiger partial charge in [0.1, 0.15) is 18.1 Å². The van der Waals surface area contributed by atoms with Gasteiger partial charge in [-0.1, -0.05) is 83.5 Å². The van der Waals surface area contributed by atoms with Crippen LogP contribution in [0.3, 0.4) is 0 Å². The summed E-state index contributed by atoms with van der Waals surface area (Å²) in [7, 11) is 4.71. The number of likely N-dealkylation sites (N-methyl/N-ethyl adjacent to an activating group) is 1. The van der Waals surface area contributed by atoms with Crippen LogP contribution in [-0.2, 0) is 46.4 Å². The van der Waals surface area contributed by atoms with Crippen molar-refractivity contribution in [2.24, 2.45) is 29.4 Å². The topological polar surface area (TPSA) is 213 Å². The van der Waals surface area contributed by atoms with E-state index in [2.05, 4.69) is 16.0 Å². The van der Waals surface area contributed by atoms with E-state index >= 15 is 0 Å². The van der Waals surface area contributed by atoms with E-state index < -0.39 is 66.2 Å². The largest absolute Gasteiger partial charge is 0.465 e. The van der Waals surface area contributed by atoms with Crippen LogP contribution >= 0.6 is 0 Å². The fourth-order valence-corrected chi connectivity index (χ4v) is 10.2. The zero-order valence-corrected chi connectivity index (χ0v) is 38.8. The van der Waals surface area contributed by atoms with Crippen LogP contribution in [0.25, 0.3) is 0 Å². The maximum absolute atomic E-state index is 14.4. The third-order valence-corrected chi connectivity index (χ3v) is 13.9. The molecule has 16 nitrogen and oxygen atoms in total. The van der Waals surface area contributed by atoms with Gasteiger partial charge in [0.25, 0.3) is 0 Å². The Balaban J connectivity index is 1.28. The van der Waals surface area contributed by atoms with E-state index in [1.807, 2.05) is 70.2 Å².